The van der Waals surface area contributed by atoms with Crippen molar-refractivity contribution in [3.63, 3.8) is 0 Å². The molecule has 0 saturated carbocycles. The lowest BCUT2D eigenvalue weighted by Crippen LogP contribution is -2.27. The maximum atomic E-state index is 12.8. The number of amides is 1. The number of carbonyl (C=O) groups is 1. The Labute approximate surface area is 165 Å². The fourth-order valence-electron chi connectivity index (χ4n) is 3.16. The lowest BCUT2D eigenvalue weighted by atomic mass is 10.2. The van der Waals surface area contributed by atoms with Gasteiger partial charge < -0.3 is 14.6 Å². The summed E-state index contributed by atoms with van der Waals surface area (Å²) in [7, 11) is 0. The van der Waals surface area contributed by atoms with Crippen LogP contribution in [0, 0.1) is 0 Å². The monoisotopic (exact) mass is 384 g/mol. The highest BCUT2D eigenvalue weighted by atomic mass is 35.5. The summed E-state index contributed by atoms with van der Waals surface area (Å²) in [5.74, 6) is 0.713. The molecule has 1 amide bonds. The first kappa shape index (κ1) is 19.3. The van der Waals surface area contributed by atoms with E-state index in [1.807, 2.05) is 60.0 Å². The van der Waals surface area contributed by atoms with Crippen LogP contribution < -0.4 is 10.1 Å². The Morgan fingerprint density at radius 3 is 2.70 bits per heavy atom. The molecule has 27 heavy (non-hydrogen) atoms. The van der Waals surface area contributed by atoms with Crippen LogP contribution in [0.4, 0.5) is 0 Å². The van der Waals surface area contributed by atoms with E-state index in [0.29, 0.717) is 30.4 Å². The molecule has 1 aromatic heterocycles. The van der Waals surface area contributed by atoms with Crippen LogP contribution in [0.15, 0.2) is 48.5 Å². The SMILES string of the molecule is CCCCNC(=O)c1cc2c(OCC)cccc2n1Cc1ccccc1Cl. The van der Waals surface area contributed by atoms with Crippen molar-refractivity contribution in [3.05, 3.63) is 64.8 Å². The lowest BCUT2D eigenvalue weighted by Gasteiger charge is -2.12. The average molecular weight is 385 g/mol. The maximum Gasteiger partial charge on any atom is 0.267 e. The number of hydrogen-bond acceptors (Lipinski definition) is 2. The summed E-state index contributed by atoms with van der Waals surface area (Å²) in [6, 6.07) is 15.5. The average Bonchev–Trinajstić information content (AvgIpc) is 3.04. The summed E-state index contributed by atoms with van der Waals surface area (Å²) < 4.78 is 7.78. The molecule has 0 atom stereocenters. The first-order valence-corrected chi connectivity index (χ1v) is 9.80. The Kier molecular flexibility index (Phi) is 6.40. The third kappa shape index (κ3) is 4.28. The molecule has 2 aromatic carbocycles. The third-order valence-corrected chi connectivity index (χ3v) is 4.91. The Hall–Kier alpha value is -2.46. The van der Waals surface area contributed by atoms with Gasteiger partial charge in [-0.15, -0.1) is 0 Å². The zero-order valence-corrected chi connectivity index (χ0v) is 16.6. The molecule has 5 heteroatoms. The van der Waals surface area contributed by atoms with Gasteiger partial charge in [0, 0.05) is 23.5 Å². The zero-order valence-electron chi connectivity index (χ0n) is 15.8. The van der Waals surface area contributed by atoms with Gasteiger partial charge in [0.15, 0.2) is 0 Å². The normalized spacial score (nSPS) is 10.9. The van der Waals surface area contributed by atoms with Gasteiger partial charge in [0.25, 0.3) is 5.91 Å². The fourth-order valence-corrected chi connectivity index (χ4v) is 3.36. The molecule has 0 spiro atoms. The predicted molar refractivity (Wildman–Crippen MR) is 111 cm³/mol. The number of aromatic nitrogens is 1. The summed E-state index contributed by atoms with van der Waals surface area (Å²) >= 11 is 6.37. The number of benzene rings is 2. The number of ether oxygens (including phenoxy) is 1. The molecule has 0 bridgehead atoms. The molecule has 142 valence electrons. The number of carbonyl (C=O) groups excluding carboxylic acids is 1. The van der Waals surface area contributed by atoms with Crippen LogP contribution in [-0.4, -0.2) is 23.6 Å². The highest BCUT2D eigenvalue weighted by Crippen LogP contribution is 2.30. The fraction of sp³-hybridized carbons (Fsp3) is 0.318. The van der Waals surface area contributed by atoms with Crippen molar-refractivity contribution in [3.8, 4) is 5.75 Å². The summed E-state index contributed by atoms with van der Waals surface area (Å²) in [6.07, 6.45) is 2.00. The molecular formula is C22H25ClN2O2. The summed E-state index contributed by atoms with van der Waals surface area (Å²) in [5.41, 5.74) is 2.55. The first-order chi connectivity index (χ1) is 13.2. The maximum absolute atomic E-state index is 12.8. The number of nitrogens with zero attached hydrogens (tertiary/aromatic N) is 1. The number of hydrogen-bond donors (Lipinski definition) is 1. The van der Waals surface area contributed by atoms with E-state index in [9.17, 15) is 4.79 Å². The van der Waals surface area contributed by atoms with Gasteiger partial charge in [-0.1, -0.05) is 49.2 Å². The molecule has 0 unspecified atom stereocenters. The van der Waals surface area contributed by atoms with Crippen LogP contribution in [0.2, 0.25) is 5.02 Å². The Bertz CT molecular complexity index is 933. The van der Waals surface area contributed by atoms with Crippen LogP contribution in [0.25, 0.3) is 10.9 Å². The highest BCUT2D eigenvalue weighted by Gasteiger charge is 2.18. The second-order valence-corrected chi connectivity index (χ2v) is 6.85. The van der Waals surface area contributed by atoms with Crippen molar-refractivity contribution in [2.45, 2.75) is 33.2 Å². The lowest BCUT2D eigenvalue weighted by molar-refractivity contribution is 0.0945. The molecule has 4 nitrogen and oxygen atoms in total. The molecule has 1 N–H and O–H groups in total. The Morgan fingerprint density at radius 2 is 1.96 bits per heavy atom. The van der Waals surface area contributed by atoms with Gasteiger partial charge in [0.05, 0.1) is 12.1 Å². The second kappa shape index (κ2) is 8.96. The zero-order chi connectivity index (χ0) is 19.2. The summed E-state index contributed by atoms with van der Waals surface area (Å²) in [6.45, 7) is 5.83. The molecule has 0 aliphatic rings. The van der Waals surface area contributed by atoms with E-state index in [4.69, 9.17) is 16.3 Å². The second-order valence-electron chi connectivity index (χ2n) is 6.44. The number of nitrogens with one attached hydrogen (secondary N) is 1. The minimum atomic E-state index is -0.0749. The summed E-state index contributed by atoms with van der Waals surface area (Å²) in [5, 5.41) is 4.65. The Balaban J connectivity index is 2.07. The van der Waals surface area contributed by atoms with Crippen LogP contribution in [0.3, 0.4) is 0 Å². The number of halogens is 1. The molecule has 0 radical (unpaired) electrons. The van der Waals surface area contributed by atoms with Gasteiger partial charge in [-0.05, 0) is 43.2 Å². The van der Waals surface area contributed by atoms with Crippen molar-refractivity contribution >= 4 is 28.4 Å². The van der Waals surface area contributed by atoms with Crippen LogP contribution >= 0.6 is 11.6 Å². The van der Waals surface area contributed by atoms with Crippen LogP contribution in [0.1, 0.15) is 42.7 Å². The molecule has 3 aromatic rings. The van der Waals surface area contributed by atoms with E-state index in [-0.39, 0.29) is 5.91 Å². The van der Waals surface area contributed by atoms with Crippen molar-refractivity contribution in [2.75, 3.05) is 13.2 Å². The standard InChI is InChI=1S/C22H25ClN2O2/c1-3-5-13-24-22(26)20-14-17-19(11-8-12-21(17)27-4-2)25(20)15-16-9-6-7-10-18(16)23/h6-12,14H,3-5,13,15H2,1-2H3,(H,24,26). The van der Waals surface area contributed by atoms with Gasteiger partial charge in [0.2, 0.25) is 0 Å². The van der Waals surface area contributed by atoms with Gasteiger partial charge in [0.1, 0.15) is 11.4 Å². The Morgan fingerprint density at radius 1 is 1.15 bits per heavy atom. The highest BCUT2D eigenvalue weighted by molar-refractivity contribution is 6.31. The molecule has 0 aliphatic carbocycles. The van der Waals surface area contributed by atoms with E-state index in [1.165, 1.54) is 0 Å². The predicted octanol–water partition coefficient (Wildman–Crippen LogP) is 5.27. The van der Waals surface area contributed by atoms with Crippen molar-refractivity contribution in [2.24, 2.45) is 0 Å². The number of unbranched alkanes of at least 4 members (excludes halogenated alkanes) is 1. The molecule has 1 heterocycles. The quantitative estimate of drug-likeness (QED) is 0.537. The van der Waals surface area contributed by atoms with Gasteiger partial charge in [-0.2, -0.15) is 0 Å². The topological polar surface area (TPSA) is 43.3 Å². The minimum absolute atomic E-state index is 0.0749. The van der Waals surface area contributed by atoms with Gasteiger partial charge in [-0.3, -0.25) is 4.79 Å². The molecular weight excluding hydrogens is 360 g/mol. The van der Waals surface area contributed by atoms with Crippen molar-refractivity contribution in [1.29, 1.82) is 0 Å². The summed E-state index contributed by atoms with van der Waals surface area (Å²) in [4.78, 5) is 12.8. The number of fused-ring (bicyclic) bond motifs is 1. The largest absolute Gasteiger partial charge is 0.493 e. The van der Waals surface area contributed by atoms with Gasteiger partial charge >= 0.3 is 0 Å². The molecule has 0 aliphatic heterocycles. The van der Waals surface area contributed by atoms with Crippen molar-refractivity contribution < 1.29 is 9.53 Å². The molecule has 3 rings (SSSR count). The van der Waals surface area contributed by atoms with E-state index < -0.39 is 0 Å². The molecule has 0 fully saturated rings. The first-order valence-electron chi connectivity index (χ1n) is 9.42. The van der Waals surface area contributed by atoms with Crippen LogP contribution in [-0.2, 0) is 6.54 Å². The minimum Gasteiger partial charge on any atom is -0.493 e. The van der Waals surface area contributed by atoms with Gasteiger partial charge in [-0.25, -0.2) is 0 Å². The smallest absolute Gasteiger partial charge is 0.267 e. The van der Waals surface area contributed by atoms with E-state index >= 15 is 0 Å². The van der Waals surface area contributed by atoms with E-state index in [0.717, 1.165) is 35.1 Å². The number of rotatable bonds is 8. The molecule has 0 saturated heterocycles. The third-order valence-electron chi connectivity index (χ3n) is 4.54. The van der Waals surface area contributed by atoms with Crippen molar-refractivity contribution in [1.82, 2.24) is 9.88 Å². The van der Waals surface area contributed by atoms with Crippen LogP contribution in [0.5, 0.6) is 5.75 Å². The van der Waals surface area contributed by atoms with E-state index in [2.05, 4.69) is 12.2 Å². The van der Waals surface area contributed by atoms with E-state index in [1.54, 1.807) is 0 Å².